The standard InChI is InChI=1S/C15H17NO3S/c1-9(2)12-8-13(17)16(15(12)19)11-5-3-10(4-6-11)7-14(18)20/h3-6,9,12H,7-8H2,1-2H3,(H,18,20). The molecule has 0 N–H and O–H groups in total. The summed E-state index contributed by atoms with van der Waals surface area (Å²) in [6.45, 7) is 3.89. The van der Waals surface area contributed by atoms with E-state index in [0.717, 1.165) is 5.56 Å². The van der Waals surface area contributed by atoms with E-state index in [1.807, 2.05) is 13.8 Å². The second-order valence-electron chi connectivity index (χ2n) is 5.36. The number of imide groups is 1. The Morgan fingerprint density at radius 1 is 1.30 bits per heavy atom. The number of benzene rings is 1. The Morgan fingerprint density at radius 2 is 1.90 bits per heavy atom. The minimum atomic E-state index is -0.235. The summed E-state index contributed by atoms with van der Waals surface area (Å²) in [5.74, 6) is -0.381. The Morgan fingerprint density at radius 3 is 2.35 bits per heavy atom. The van der Waals surface area contributed by atoms with E-state index in [9.17, 15) is 14.4 Å². The van der Waals surface area contributed by atoms with Gasteiger partial charge in [-0.3, -0.25) is 19.3 Å². The van der Waals surface area contributed by atoms with Crippen molar-refractivity contribution in [3.63, 3.8) is 0 Å². The predicted molar refractivity (Wildman–Crippen MR) is 79.6 cm³/mol. The number of amides is 2. The number of rotatable bonds is 4. The highest BCUT2D eigenvalue weighted by molar-refractivity contribution is 7.96. The lowest BCUT2D eigenvalue weighted by Gasteiger charge is -2.16. The first-order chi connectivity index (χ1) is 9.40. The van der Waals surface area contributed by atoms with Crippen LogP contribution in [0.2, 0.25) is 0 Å². The van der Waals surface area contributed by atoms with Gasteiger partial charge in [0, 0.05) is 12.8 Å². The molecule has 0 aromatic heterocycles. The Balaban J connectivity index is 2.21. The molecule has 1 atom stereocenters. The van der Waals surface area contributed by atoms with Gasteiger partial charge in [-0.15, -0.1) is 12.6 Å². The maximum atomic E-state index is 12.3. The van der Waals surface area contributed by atoms with Crippen molar-refractivity contribution in [2.75, 3.05) is 4.90 Å². The average Bonchev–Trinajstić information content (AvgIpc) is 2.66. The molecule has 2 rings (SSSR count). The van der Waals surface area contributed by atoms with E-state index in [-0.39, 0.29) is 41.6 Å². The summed E-state index contributed by atoms with van der Waals surface area (Å²) in [6.07, 6.45) is 0.507. The summed E-state index contributed by atoms with van der Waals surface area (Å²) in [5.41, 5.74) is 1.38. The molecule has 0 bridgehead atoms. The number of hydrogen-bond donors (Lipinski definition) is 1. The quantitative estimate of drug-likeness (QED) is 0.683. The van der Waals surface area contributed by atoms with Crippen molar-refractivity contribution in [1.82, 2.24) is 0 Å². The van der Waals surface area contributed by atoms with Gasteiger partial charge in [0.1, 0.15) is 0 Å². The van der Waals surface area contributed by atoms with Gasteiger partial charge >= 0.3 is 0 Å². The number of hydrogen-bond acceptors (Lipinski definition) is 3. The highest BCUT2D eigenvalue weighted by Gasteiger charge is 2.40. The van der Waals surface area contributed by atoms with E-state index >= 15 is 0 Å². The van der Waals surface area contributed by atoms with Crippen LogP contribution >= 0.6 is 12.6 Å². The Hall–Kier alpha value is -1.62. The molecule has 0 saturated carbocycles. The van der Waals surface area contributed by atoms with Gasteiger partial charge in [-0.25, -0.2) is 0 Å². The van der Waals surface area contributed by atoms with Crippen LogP contribution < -0.4 is 4.90 Å². The zero-order valence-corrected chi connectivity index (χ0v) is 12.4. The molecule has 1 aromatic rings. The van der Waals surface area contributed by atoms with Crippen molar-refractivity contribution >= 4 is 35.2 Å². The summed E-state index contributed by atoms with van der Waals surface area (Å²) in [7, 11) is 0. The first-order valence-electron chi connectivity index (χ1n) is 6.57. The molecule has 2 amide bonds. The second kappa shape index (κ2) is 5.79. The third-order valence-electron chi connectivity index (χ3n) is 3.54. The van der Waals surface area contributed by atoms with Gasteiger partial charge in [0.05, 0.1) is 11.6 Å². The van der Waals surface area contributed by atoms with Crippen LogP contribution in [0.5, 0.6) is 0 Å². The van der Waals surface area contributed by atoms with Gasteiger partial charge in [0.15, 0.2) is 5.12 Å². The maximum absolute atomic E-state index is 12.3. The first-order valence-corrected chi connectivity index (χ1v) is 7.02. The average molecular weight is 291 g/mol. The summed E-state index contributed by atoms with van der Waals surface area (Å²) in [6, 6.07) is 6.88. The molecule has 0 radical (unpaired) electrons. The number of nitrogens with zero attached hydrogens (tertiary/aromatic N) is 1. The van der Waals surface area contributed by atoms with Crippen molar-refractivity contribution in [3.05, 3.63) is 29.8 Å². The highest BCUT2D eigenvalue weighted by Crippen LogP contribution is 2.30. The molecular formula is C15H17NO3S. The van der Waals surface area contributed by atoms with Crippen LogP contribution in [0.15, 0.2) is 24.3 Å². The van der Waals surface area contributed by atoms with Crippen LogP contribution in [0.1, 0.15) is 25.8 Å². The Labute approximate surface area is 123 Å². The van der Waals surface area contributed by atoms with Crippen molar-refractivity contribution in [2.24, 2.45) is 11.8 Å². The van der Waals surface area contributed by atoms with E-state index in [1.165, 1.54) is 4.90 Å². The third kappa shape index (κ3) is 2.93. The third-order valence-corrected chi connectivity index (χ3v) is 3.69. The minimum absolute atomic E-state index is 0.136. The lowest BCUT2D eigenvalue weighted by molar-refractivity contribution is -0.122. The topological polar surface area (TPSA) is 54.5 Å². The molecular weight excluding hydrogens is 274 g/mol. The molecule has 106 valence electrons. The van der Waals surface area contributed by atoms with E-state index in [1.54, 1.807) is 24.3 Å². The van der Waals surface area contributed by atoms with Crippen LogP contribution in [-0.4, -0.2) is 16.9 Å². The van der Waals surface area contributed by atoms with Crippen LogP contribution in [0, 0.1) is 11.8 Å². The molecule has 1 aromatic carbocycles. The molecule has 1 aliphatic heterocycles. The van der Waals surface area contributed by atoms with Crippen molar-refractivity contribution < 1.29 is 14.4 Å². The molecule has 0 spiro atoms. The molecule has 1 fully saturated rings. The van der Waals surface area contributed by atoms with Crippen molar-refractivity contribution in [1.29, 1.82) is 0 Å². The molecule has 4 nitrogen and oxygen atoms in total. The second-order valence-corrected chi connectivity index (χ2v) is 5.86. The fourth-order valence-corrected chi connectivity index (χ4v) is 2.57. The monoisotopic (exact) mass is 291 g/mol. The SMILES string of the molecule is CC(C)C1CC(=O)N(c2ccc(CC(=O)S)cc2)C1=O. The molecule has 1 aliphatic rings. The molecule has 5 heteroatoms. The van der Waals surface area contributed by atoms with E-state index < -0.39 is 0 Å². The molecule has 1 unspecified atom stereocenters. The van der Waals surface area contributed by atoms with E-state index in [0.29, 0.717) is 5.69 Å². The zero-order valence-electron chi connectivity index (χ0n) is 11.5. The maximum Gasteiger partial charge on any atom is 0.237 e. The van der Waals surface area contributed by atoms with Crippen LogP contribution in [-0.2, 0) is 20.8 Å². The van der Waals surface area contributed by atoms with Gasteiger partial charge < -0.3 is 0 Å². The number of carbonyl (C=O) groups is 3. The van der Waals surface area contributed by atoms with Gasteiger partial charge in [-0.1, -0.05) is 26.0 Å². The van der Waals surface area contributed by atoms with Gasteiger partial charge in [-0.2, -0.15) is 0 Å². The van der Waals surface area contributed by atoms with Crippen LogP contribution in [0.4, 0.5) is 5.69 Å². The molecule has 0 aliphatic carbocycles. The van der Waals surface area contributed by atoms with Gasteiger partial charge in [-0.05, 0) is 23.6 Å². The normalized spacial score (nSPS) is 19.0. The lowest BCUT2D eigenvalue weighted by Crippen LogP contribution is -2.31. The molecule has 1 saturated heterocycles. The number of thiol groups is 1. The highest BCUT2D eigenvalue weighted by atomic mass is 32.1. The van der Waals surface area contributed by atoms with Gasteiger partial charge in [0.25, 0.3) is 0 Å². The smallest absolute Gasteiger partial charge is 0.237 e. The van der Waals surface area contributed by atoms with Crippen LogP contribution in [0.3, 0.4) is 0 Å². The largest absolute Gasteiger partial charge is 0.287 e. The van der Waals surface area contributed by atoms with E-state index in [2.05, 4.69) is 12.6 Å². The first kappa shape index (κ1) is 14.8. The van der Waals surface area contributed by atoms with E-state index in [4.69, 9.17) is 0 Å². The van der Waals surface area contributed by atoms with Crippen LogP contribution in [0.25, 0.3) is 0 Å². The predicted octanol–water partition coefficient (Wildman–Crippen LogP) is 2.22. The minimum Gasteiger partial charge on any atom is -0.287 e. The Bertz CT molecular complexity index is 551. The lowest BCUT2D eigenvalue weighted by atomic mass is 9.94. The molecule has 1 heterocycles. The zero-order chi connectivity index (χ0) is 14.9. The molecule has 20 heavy (non-hydrogen) atoms. The summed E-state index contributed by atoms with van der Waals surface area (Å²) in [4.78, 5) is 36.4. The fraction of sp³-hybridized carbons (Fsp3) is 0.400. The number of carbonyl (C=O) groups excluding carboxylic acids is 3. The summed E-state index contributed by atoms with van der Waals surface area (Å²) in [5, 5.41) is -0.217. The van der Waals surface area contributed by atoms with Crippen molar-refractivity contribution in [3.8, 4) is 0 Å². The van der Waals surface area contributed by atoms with Gasteiger partial charge in [0.2, 0.25) is 11.8 Å². The van der Waals surface area contributed by atoms with Crippen molar-refractivity contribution in [2.45, 2.75) is 26.7 Å². The Kier molecular flexibility index (Phi) is 4.28. The summed E-state index contributed by atoms with van der Waals surface area (Å²) < 4.78 is 0. The fourth-order valence-electron chi connectivity index (χ4n) is 2.39. The number of anilines is 1. The summed E-state index contributed by atoms with van der Waals surface area (Å²) >= 11 is 3.73.